The van der Waals surface area contributed by atoms with Crippen LogP contribution in [0.2, 0.25) is 0 Å². The zero-order valence-corrected chi connectivity index (χ0v) is 14.5. The van der Waals surface area contributed by atoms with Crippen molar-refractivity contribution >= 4 is 12.0 Å². The van der Waals surface area contributed by atoms with Crippen LogP contribution in [0.15, 0.2) is 30.3 Å². The lowest BCUT2D eigenvalue weighted by molar-refractivity contribution is -0.123. The van der Waals surface area contributed by atoms with Crippen LogP contribution in [0, 0.1) is 0 Å². The van der Waals surface area contributed by atoms with Crippen molar-refractivity contribution in [1.82, 2.24) is 21.1 Å². The van der Waals surface area contributed by atoms with Gasteiger partial charge in [-0.1, -0.05) is 30.3 Å². The highest BCUT2D eigenvalue weighted by Gasteiger charge is 2.32. The van der Waals surface area contributed by atoms with Gasteiger partial charge in [0.2, 0.25) is 5.91 Å². The number of amides is 2. The number of hydrogen-bond donors (Lipinski definition) is 3. The fraction of sp³-hybridized carbons (Fsp3) is 0.556. The minimum Gasteiger partial charge on any atom is -0.450 e. The van der Waals surface area contributed by atoms with Crippen LogP contribution in [-0.4, -0.2) is 48.7 Å². The van der Waals surface area contributed by atoms with E-state index in [2.05, 4.69) is 28.3 Å². The first-order valence-electron chi connectivity index (χ1n) is 8.95. The van der Waals surface area contributed by atoms with Crippen molar-refractivity contribution in [1.29, 1.82) is 0 Å². The average Bonchev–Trinajstić information content (AvgIpc) is 3.13. The Hall–Kier alpha value is -2.12. The second-order valence-electron chi connectivity index (χ2n) is 6.51. The topological polar surface area (TPSA) is 82.7 Å². The molecular weight excluding hydrogens is 320 g/mol. The highest BCUT2D eigenvalue weighted by atomic mass is 16.6. The van der Waals surface area contributed by atoms with Crippen molar-refractivity contribution in [3.05, 3.63) is 35.9 Å². The van der Waals surface area contributed by atoms with Crippen LogP contribution in [0.1, 0.15) is 37.8 Å². The third-order valence-corrected chi connectivity index (χ3v) is 4.79. The summed E-state index contributed by atoms with van der Waals surface area (Å²) in [6, 6.07) is 10.1. The molecule has 7 nitrogen and oxygen atoms in total. The zero-order valence-electron chi connectivity index (χ0n) is 14.5. The van der Waals surface area contributed by atoms with Crippen LogP contribution < -0.4 is 16.2 Å². The molecule has 2 amide bonds. The molecule has 1 aromatic rings. The Morgan fingerprint density at radius 1 is 1.20 bits per heavy atom. The predicted molar refractivity (Wildman–Crippen MR) is 93.6 cm³/mol. The molecule has 2 unspecified atom stereocenters. The van der Waals surface area contributed by atoms with Crippen LogP contribution in [-0.2, 0) is 9.53 Å². The summed E-state index contributed by atoms with van der Waals surface area (Å²) in [6.45, 7) is 3.42. The Bertz CT molecular complexity index is 587. The molecule has 2 heterocycles. The van der Waals surface area contributed by atoms with Crippen molar-refractivity contribution in [3.8, 4) is 0 Å². The summed E-state index contributed by atoms with van der Waals surface area (Å²) in [5.41, 5.74) is 7.46. The van der Waals surface area contributed by atoms with Crippen molar-refractivity contribution in [2.24, 2.45) is 0 Å². The van der Waals surface area contributed by atoms with E-state index in [1.807, 2.05) is 18.2 Å². The van der Waals surface area contributed by atoms with Gasteiger partial charge in [-0.3, -0.25) is 4.79 Å². The van der Waals surface area contributed by atoms with Crippen molar-refractivity contribution in [3.63, 3.8) is 0 Å². The van der Waals surface area contributed by atoms with E-state index in [-0.39, 0.29) is 30.1 Å². The molecule has 2 aliphatic rings. The largest absolute Gasteiger partial charge is 0.450 e. The number of carbonyl (C=O) groups is 2. The monoisotopic (exact) mass is 346 g/mol. The summed E-state index contributed by atoms with van der Waals surface area (Å²) in [7, 11) is 0. The molecule has 0 spiro atoms. The number of nitrogens with one attached hydrogen (secondary N) is 3. The first-order valence-corrected chi connectivity index (χ1v) is 8.95. The Morgan fingerprint density at radius 3 is 2.60 bits per heavy atom. The van der Waals surface area contributed by atoms with Crippen molar-refractivity contribution in [2.75, 3.05) is 19.7 Å². The standard InChI is InChI=1S/C18H26N4O3/c1-2-25-18(24)22-10-8-14(9-11-22)19-17(23)16-12-15(20-21-16)13-6-4-3-5-7-13/h3-7,14-16,20-21H,2,8-12H2,1H3,(H,19,23). The van der Waals surface area contributed by atoms with E-state index in [0.29, 0.717) is 19.7 Å². The molecule has 0 saturated carbocycles. The van der Waals surface area contributed by atoms with Crippen LogP contribution >= 0.6 is 0 Å². The van der Waals surface area contributed by atoms with E-state index >= 15 is 0 Å². The molecule has 0 aliphatic carbocycles. The highest BCUT2D eigenvalue weighted by Crippen LogP contribution is 2.22. The summed E-state index contributed by atoms with van der Waals surface area (Å²) in [4.78, 5) is 25.9. The van der Waals surface area contributed by atoms with E-state index in [4.69, 9.17) is 4.74 Å². The normalized spacial score (nSPS) is 24.1. The Morgan fingerprint density at radius 2 is 1.92 bits per heavy atom. The molecule has 1 aromatic carbocycles. The molecule has 2 saturated heterocycles. The number of hydrogen-bond acceptors (Lipinski definition) is 5. The zero-order chi connectivity index (χ0) is 17.6. The molecule has 7 heteroatoms. The highest BCUT2D eigenvalue weighted by molar-refractivity contribution is 5.82. The van der Waals surface area contributed by atoms with Gasteiger partial charge in [-0.25, -0.2) is 15.6 Å². The van der Waals surface area contributed by atoms with Crippen molar-refractivity contribution < 1.29 is 14.3 Å². The first kappa shape index (κ1) is 17.7. The van der Waals surface area contributed by atoms with E-state index in [1.54, 1.807) is 11.8 Å². The maximum absolute atomic E-state index is 12.5. The predicted octanol–water partition coefficient (Wildman–Crippen LogP) is 1.33. The Kier molecular flexibility index (Phi) is 5.88. The number of carbonyl (C=O) groups excluding carboxylic acids is 2. The fourth-order valence-corrected chi connectivity index (χ4v) is 3.36. The number of nitrogens with zero attached hydrogens (tertiary/aromatic N) is 1. The number of rotatable bonds is 4. The third-order valence-electron chi connectivity index (χ3n) is 4.79. The summed E-state index contributed by atoms with van der Waals surface area (Å²) < 4.78 is 5.01. The molecule has 25 heavy (non-hydrogen) atoms. The number of ether oxygens (including phenoxy) is 1. The minimum atomic E-state index is -0.264. The number of piperidine rings is 1. The van der Waals surface area contributed by atoms with Gasteiger partial charge in [0.1, 0.15) is 6.04 Å². The maximum Gasteiger partial charge on any atom is 0.409 e. The van der Waals surface area contributed by atoms with Gasteiger partial charge in [0.05, 0.1) is 6.61 Å². The smallest absolute Gasteiger partial charge is 0.409 e. The van der Waals surface area contributed by atoms with Crippen LogP contribution in [0.3, 0.4) is 0 Å². The first-order chi connectivity index (χ1) is 12.2. The van der Waals surface area contributed by atoms with E-state index in [1.165, 1.54) is 5.56 Å². The van der Waals surface area contributed by atoms with Gasteiger partial charge in [-0.2, -0.15) is 0 Å². The lowest BCUT2D eigenvalue weighted by Gasteiger charge is -2.32. The summed E-state index contributed by atoms with van der Waals surface area (Å²) in [5, 5.41) is 3.10. The number of benzene rings is 1. The van der Waals surface area contributed by atoms with Gasteiger partial charge in [-0.05, 0) is 31.7 Å². The third kappa shape index (κ3) is 4.49. The summed E-state index contributed by atoms with van der Waals surface area (Å²) >= 11 is 0. The molecular formula is C18H26N4O3. The molecule has 3 N–H and O–H groups in total. The molecule has 136 valence electrons. The van der Waals surface area contributed by atoms with Crippen LogP contribution in [0.4, 0.5) is 4.79 Å². The van der Waals surface area contributed by atoms with Gasteiger partial charge in [0.25, 0.3) is 0 Å². The van der Waals surface area contributed by atoms with Crippen LogP contribution in [0.5, 0.6) is 0 Å². The maximum atomic E-state index is 12.5. The van der Waals surface area contributed by atoms with E-state index in [0.717, 1.165) is 19.3 Å². The van der Waals surface area contributed by atoms with Crippen molar-refractivity contribution in [2.45, 2.75) is 44.3 Å². The number of likely N-dealkylation sites (tertiary alicyclic amines) is 1. The molecule has 3 rings (SSSR count). The Labute approximate surface area is 148 Å². The van der Waals surface area contributed by atoms with Gasteiger partial charge in [0.15, 0.2) is 0 Å². The quantitative estimate of drug-likeness (QED) is 0.766. The number of hydrazine groups is 1. The second kappa shape index (κ2) is 8.31. The van der Waals surface area contributed by atoms with Gasteiger partial charge in [0, 0.05) is 25.2 Å². The molecule has 2 aliphatic heterocycles. The van der Waals surface area contributed by atoms with Gasteiger partial charge >= 0.3 is 6.09 Å². The average molecular weight is 346 g/mol. The van der Waals surface area contributed by atoms with E-state index in [9.17, 15) is 9.59 Å². The van der Waals surface area contributed by atoms with E-state index < -0.39 is 0 Å². The summed E-state index contributed by atoms with van der Waals surface area (Å²) in [5.74, 6) is 0.0144. The SMILES string of the molecule is CCOC(=O)N1CCC(NC(=O)C2CC(c3ccccc3)NN2)CC1. The second-order valence-corrected chi connectivity index (χ2v) is 6.51. The molecule has 0 bridgehead atoms. The van der Waals surface area contributed by atoms with Crippen LogP contribution in [0.25, 0.3) is 0 Å². The fourth-order valence-electron chi connectivity index (χ4n) is 3.36. The molecule has 2 fully saturated rings. The van der Waals surface area contributed by atoms with Gasteiger partial charge in [-0.15, -0.1) is 0 Å². The lowest BCUT2D eigenvalue weighted by atomic mass is 10.0. The summed E-state index contributed by atoms with van der Waals surface area (Å²) in [6.07, 6.45) is 1.97. The lowest BCUT2D eigenvalue weighted by Crippen LogP contribution is -2.51. The Balaban J connectivity index is 1.44. The molecule has 2 atom stereocenters. The molecule has 0 aromatic heterocycles. The minimum absolute atomic E-state index is 0.0144. The van der Waals surface area contributed by atoms with Gasteiger partial charge < -0.3 is 15.0 Å². The molecule has 0 radical (unpaired) electrons.